The van der Waals surface area contributed by atoms with Crippen LogP contribution >= 0.6 is 11.3 Å². The SMILES string of the molecule is C=CCn1c(=O)c2sc(N(CC)CC)nc2n(CC(=O)Nc2cc(F)cc(F)c2)c1=O. The van der Waals surface area contributed by atoms with Crippen LogP contribution < -0.4 is 21.5 Å². The van der Waals surface area contributed by atoms with Crippen LogP contribution in [0.4, 0.5) is 19.6 Å². The minimum absolute atomic E-state index is 0.0389. The number of fused-ring (bicyclic) bond motifs is 1. The number of anilines is 2. The lowest BCUT2D eigenvalue weighted by Crippen LogP contribution is -2.41. The molecule has 0 radical (unpaired) electrons. The molecule has 0 spiro atoms. The van der Waals surface area contributed by atoms with E-state index in [0.29, 0.717) is 24.3 Å². The van der Waals surface area contributed by atoms with E-state index in [1.54, 1.807) is 0 Å². The van der Waals surface area contributed by atoms with Gasteiger partial charge in [-0.15, -0.1) is 6.58 Å². The second-order valence-corrected chi connectivity index (χ2v) is 7.58. The third-order valence-electron chi connectivity index (χ3n) is 4.55. The van der Waals surface area contributed by atoms with Crippen molar-refractivity contribution in [3.8, 4) is 0 Å². The highest BCUT2D eigenvalue weighted by molar-refractivity contribution is 7.22. The van der Waals surface area contributed by atoms with Gasteiger partial charge in [0.05, 0.1) is 0 Å². The highest BCUT2D eigenvalue weighted by Crippen LogP contribution is 2.25. The van der Waals surface area contributed by atoms with Crippen molar-refractivity contribution in [2.45, 2.75) is 26.9 Å². The van der Waals surface area contributed by atoms with Gasteiger partial charge in [-0.3, -0.25) is 18.7 Å². The van der Waals surface area contributed by atoms with Gasteiger partial charge >= 0.3 is 5.69 Å². The molecule has 2 heterocycles. The van der Waals surface area contributed by atoms with Crippen LogP contribution in [0.25, 0.3) is 10.3 Å². The fraction of sp³-hybridized carbons (Fsp3) is 0.300. The molecule has 1 aromatic carbocycles. The van der Waals surface area contributed by atoms with Gasteiger partial charge in [-0.05, 0) is 26.0 Å². The molecule has 8 nitrogen and oxygen atoms in total. The summed E-state index contributed by atoms with van der Waals surface area (Å²) in [5.41, 5.74) is -1.25. The van der Waals surface area contributed by atoms with Crippen molar-refractivity contribution >= 4 is 38.4 Å². The molecule has 0 saturated heterocycles. The Bertz CT molecular complexity index is 1240. The van der Waals surface area contributed by atoms with E-state index in [1.165, 1.54) is 6.08 Å². The van der Waals surface area contributed by atoms with Crippen LogP contribution in [0.1, 0.15) is 13.8 Å². The van der Waals surface area contributed by atoms with Crippen molar-refractivity contribution in [2.24, 2.45) is 0 Å². The lowest BCUT2D eigenvalue weighted by Gasteiger charge is -2.16. The molecule has 164 valence electrons. The van der Waals surface area contributed by atoms with E-state index in [0.717, 1.165) is 32.6 Å². The maximum Gasteiger partial charge on any atom is 0.333 e. The van der Waals surface area contributed by atoms with Crippen molar-refractivity contribution in [3.05, 3.63) is 63.3 Å². The van der Waals surface area contributed by atoms with E-state index in [4.69, 9.17) is 0 Å². The highest BCUT2D eigenvalue weighted by atomic mass is 32.1. The standard InChI is InChI=1S/C20H21F2N5O3S/c1-4-7-26-18(29)16-17(24-19(31-16)25(5-2)6-3)27(20(26)30)11-15(28)23-14-9-12(21)8-13(22)10-14/h4,8-10H,1,5-7,11H2,2-3H3,(H,23,28). The van der Waals surface area contributed by atoms with E-state index < -0.39 is 35.3 Å². The van der Waals surface area contributed by atoms with Crippen LogP contribution in [0.5, 0.6) is 0 Å². The van der Waals surface area contributed by atoms with Crippen molar-refractivity contribution < 1.29 is 13.6 Å². The predicted octanol–water partition coefficient (Wildman–Crippen LogP) is 2.57. The smallest absolute Gasteiger partial charge is 0.333 e. The number of benzene rings is 1. The molecule has 2 aromatic heterocycles. The number of hydrogen-bond acceptors (Lipinski definition) is 6. The van der Waals surface area contributed by atoms with Gasteiger partial charge in [0.15, 0.2) is 10.8 Å². The number of carbonyl (C=O) groups excluding carboxylic acids is 1. The van der Waals surface area contributed by atoms with Crippen molar-refractivity contribution in [3.63, 3.8) is 0 Å². The Morgan fingerprint density at radius 2 is 1.84 bits per heavy atom. The van der Waals surface area contributed by atoms with E-state index >= 15 is 0 Å². The number of amides is 1. The molecule has 1 N–H and O–H groups in total. The number of rotatable bonds is 8. The van der Waals surface area contributed by atoms with E-state index in [2.05, 4.69) is 16.9 Å². The van der Waals surface area contributed by atoms with Gasteiger partial charge in [0.2, 0.25) is 5.91 Å². The Morgan fingerprint density at radius 3 is 2.42 bits per heavy atom. The molecule has 0 fully saturated rings. The van der Waals surface area contributed by atoms with Gasteiger partial charge in [-0.25, -0.2) is 18.6 Å². The van der Waals surface area contributed by atoms with E-state index in [9.17, 15) is 23.2 Å². The van der Waals surface area contributed by atoms with Crippen molar-refractivity contribution in [1.82, 2.24) is 14.1 Å². The Balaban J connectivity index is 2.08. The first-order valence-corrected chi connectivity index (χ1v) is 10.4. The maximum absolute atomic E-state index is 13.4. The fourth-order valence-corrected chi connectivity index (χ4v) is 4.25. The topological polar surface area (TPSA) is 89.2 Å². The normalized spacial score (nSPS) is 11.0. The zero-order valence-corrected chi connectivity index (χ0v) is 17.8. The molecule has 0 unspecified atom stereocenters. The number of aromatic nitrogens is 3. The van der Waals surface area contributed by atoms with Gasteiger partial charge in [-0.1, -0.05) is 17.4 Å². The Kier molecular flexibility index (Phi) is 6.64. The molecule has 0 bridgehead atoms. The first kappa shape index (κ1) is 22.3. The molecule has 3 aromatic rings. The molecule has 0 aliphatic carbocycles. The second kappa shape index (κ2) is 9.21. The van der Waals surface area contributed by atoms with Gasteiger partial charge < -0.3 is 10.2 Å². The lowest BCUT2D eigenvalue weighted by molar-refractivity contribution is -0.116. The highest BCUT2D eigenvalue weighted by Gasteiger charge is 2.21. The zero-order chi connectivity index (χ0) is 22.7. The van der Waals surface area contributed by atoms with E-state index in [-0.39, 0.29) is 22.6 Å². The van der Waals surface area contributed by atoms with Gasteiger partial charge in [-0.2, -0.15) is 0 Å². The largest absolute Gasteiger partial charge is 0.349 e. The van der Waals surface area contributed by atoms with Gasteiger partial charge in [0, 0.05) is 31.4 Å². The summed E-state index contributed by atoms with van der Waals surface area (Å²) in [5.74, 6) is -2.40. The Labute approximate surface area is 180 Å². The lowest BCUT2D eigenvalue weighted by atomic mass is 10.3. The molecule has 0 aliphatic heterocycles. The molecule has 0 saturated carbocycles. The summed E-state index contributed by atoms with van der Waals surface area (Å²) < 4.78 is 29.1. The molecular formula is C20H21F2N5O3S. The molecule has 11 heteroatoms. The summed E-state index contributed by atoms with van der Waals surface area (Å²) in [4.78, 5) is 44.7. The van der Waals surface area contributed by atoms with Crippen LogP contribution in [0.3, 0.4) is 0 Å². The summed E-state index contributed by atoms with van der Waals surface area (Å²) in [6.07, 6.45) is 1.40. The van der Waals surface area contributed by atoms with Gasteiger partial charge in [0.1, 0.15) is 22.9 Å². The number of halogens is 2. The van der Waals surface area contributed by atoms with Gasteiger partial charge in [0.25, 0.3) is 5.56 Å². The van der Waals surface area contributed by atoms with Crippen LogP contribution in [0.15, 0.2) is 40.4 Å². The van der Waals surface area contributed by atoms with Crippen molar-refractivity contribution in [2.75, 3.05) is 23.3 Å². The number of carbonyl (C=O) groups is 1. The number of hydrogen-bond donors (Lipinski definition) is 1. The number of thiazole rings is 1. The third-order valence-corrected chi connectivity index (χ3v) is 5.64. The minimum atomic E-state index is -0.849. The first-order chi connectivity index (χ1) is 14.8. The van der Waals surface area contributed by atoms with Crippen molar-refractivity contribution in [1.29, 1.82) is 0 Å². The molecule has 0 atom stereocenters. The van der Waals surface area contributed by atoms with Crippen LogP contribution in [-0.4, -0.2) is 33.1 Å². The number of nitrogens with zero attached hydrogens (tertiary/aromatic N) is 4. The number of nitrogens with one attached hydrogen (secondary N) is 1. The molecule has 1 amide bonds. The second-order valence-electron chi connectivity index (χ2n) is 6.60. The van der Waals surface area contributed by atoms with Crippen LogP contribution in [-0.2, 0) is 17.9 Å². The van der Waals surface area contributed by atoms with E-state index in [1.807, 2.05) is 18.7 Å². The van der Waals surface area contributed by atoms with Crippen LogP contribution in [0.2, 0.25) is 0 Å². The first-order valence-electron chi connectivity index (χ1n) is 9.55. The molecule has 3 rings (SSSR count). The van der Waals surface area contributed by atoms with Crippen LogP contribution in [0, 0.1) is 11.6 Å². The quantitative estimate of drug-likeness (QED) is 0.534. The average Bonchev–Trinajstić information content (AvgIpc) is 3.14. The molecular weight excluding hydrogens is 428 g/mol. The Morgan fingerprint density at radius 1 is 1.19 bits per heavy atom. The monoisotopic (exact) mass is 449 g/mol. The third kappa shape index (κ3) is 4.55. The Hall–Kier alpha value is -3.34. The summed E-state index contributed by atoms with van der Waals surface area (Å²) in [7, 11) is 0. The molecule has 31 heavy (non-hydrogen) atoms. The minimum Gasteiger partial charge on any atom is -0.349 e. The summed E-state index contributed by atoms with van der Waals surface area (Å²) in [5, 5.41) is 2.91. The molecule has 0 aliphatic rings. The average molecular weight is 449 g/mol. The predicted molar refractivity (Wildman–Crippen MR) is 117 cm³/mol. The summed E-state index contributed by atoms with van der Waals surface area (Å²) >= 11 is 1.14. The summed E-state index contributed by atoms with van der Waals surface area (Å²) in [6, 6.07) is 2.59. The number of allylic oxidation sites excluding steroid dienone is 1. The zero-order valence-electron chi connectivity index (χ0n) is 17.0. The summed E-state index contributed by atoms with van der Waals surface area (Å²) in [6.45, 7) is 8.19. The fourth-order valence-electron chi connectivity index (χ4n) is 3.10. The maximum atomic E-state index is 13.4.